The van der Waals surface area contributed by atoms with Gasteiger partial charge in [0.05, 0.1) is 21.8 Å². The van der Waals surface area contributed by atoms with Crippen LogP contribution in [0.25, 0.3) is 0 Å². The third-order valence-electron chi connectivity index (χ3n) is 4.38. The van der Waals surface area contributed by atoms with E-state index in [-0.39, 0.29) is 21.7 Å². The minimum Gasteiger partial charge on any atom is -0.358 e. The van der Waals surface area contributed by atoms with Crippen LogP contribution in [-0.4, -0.2) is 39.2 Å². The second kappa shape index (κ2) is 9.28. The number of carbonyl (C=O) groups excluding carboxylic acids is 1. The molecule has 0 aliphatic rings. The monoisotopic (exact) mass is 479 g/mol. The van der Waals surface area contributed by atoms with Crippen LogP contribution in [0.2, 0.25) is 5.15 Å². The van der Waals surface area contributed by atoms with Crippen LogP contribution in [0.4, 0.5) is 17.3 Å². The summed E-state index contributed by atoms with van der Waals surface area (Å²) >= 11 is 5.63. The fourth-order valence-corrected chi connectivity index (χ4v) is 3.95. The molecule has 1 atom stereocenters. The normalized spacial score (nSPS) is 12.2. The predicted octanol–water partition coefficient (Wildman–Crippen LogP) is 2.93. The molecule has 0 bridgehead atoms. The summed E-state index contributed by atoms with van der Waals surface area (Å²) in [6, 6.07) is 8.74. The molecule has 32 heavy (non-hydrogen) atoms. The lowest BCUT2D eigenvalue weighted by Crippen LogP contribution is -2.27. The van der Waals surface area contributed by atoms with E-state index in [9.17, 15) is 23.3 Å². The summed E-state index contributed by atoms with van der Waals surface area (Å²) in [7, 11) is -3.93. The largest absolute Gasteiger partial charge is 0.390 e. The van der Waals surface area contributed by atoms with Crippen LogP contribution < -0.4 is 10.0 Å². The molecule has 2 N–H and O–H groups in total. The highest BCUT2D eigenvalue weighted by atomic mass is 35.5. The Hall–Kier alpha value is -3.58. The SMILES string of the molecule is CCC(C(=O)Nc1ccc(S(=O)(=O)Nc2ccc(Cl)nn2)cc1)n1nc([N+](=O)[O-])cc1C. The predicted molar refractivity (Wildman–Crippen MR) is 116 cm³/mol. The molecule has 3 rings (SSSR count). The van der Waals surface area contributed by atoms with Gasteiger partial charge in [-0.2, -0.15) is 4.68 Å². The lowest BCUT2D eigenvalue weighted by Gasteiger charge is -2.14. The van der Waals surface area contributed by atoms with Crippen molar-refractivity contribution >= 4 is 44.9 Å². The van der Waals surface area contributed by atoms with Crippen LogP contribution in [-0.2, 0) is 14.8 Å². The van der Waals surface area contributed by atoms with Gasteiger partial charge in [-0.3, -0.25) is 9.52 Å². The van der Waals surface area contributed by atoms with Crippen molar-refractivity contribution in [3.63, 3.8) is 0 Å². The molecule has 2 heterocycles. The molecule has 0 fully saturated rings. The van der Waals surface area contributed by atoms with Crippen molar-refractivity contribution in [1.82, 2.24) is 20.0 Å². The number of carbonyl (C=O) groups is 1. The number of hydrogen-bond acceptors (Lipinski definition) is 8. The maximum atomic E-state index is 12.7. The molecule has 1 unspecified atom stereocenters. The second-order valence-electron chi connectivity index (χ2n) is 6.63. The van der Waals surface area contributed by atoms with Gasteiger partial charge >= 0.3 is 5.82 Å². The highest BCUT2D eigenvalue weighted by Gasteiger charge is 2.27. The van der Waals surface area contributed by atoms with Crippen LogP contribution in [0, 0.1) is 17.0 Å². The van der Waals surface area contributed by atoms with Crippen molar-refractivity contribution in [3.05, 3.63) is 63.4 Å². The Balaban J connectivity index is 1.73. The number of nitro groups is 1. The number of sulfonamides is 1. The first kappa shape index (κ1) is 23.1. The summed E-state index contributed by atoms with van der Waals surface area (Å²) in [5, 5.41) is 24.8. The van der Waals surface area contributed by atoms with Crippen LogP contribution in [0.1, 0.15) is 25.1 Å². The third-order valence-corrected chi connectivity index (χ3v) is 5.96. The molecular weight excluding hydrogens is 462 g/mol. The first-order valence-electron chi connectivity index (χ1n) is 9.24. The highest BCUT2D eigenvalue weighted by molar-refractivity contribution is 7.92. The van der Waals surface area contributed by atoms with Crippen molar-refractivity contribution in [1.29, 1.82) is 0 Å². The van der Waals surface area contributed by atoms with E-state index in [2.05, 4.69) is 25.3 Å². The zero-order chi connectivity index (χ0) is 23.5. The van der Waals surface area contributed by atoms with Gasteiger partial charge < -0.3 is 15.4 Å². The minimum atomic E-state index is -3.93. The van der Waals surface area contributed by atoms with Crippen LogP contribution in [0.3, 0.4) is 0 Å². The van der Waals surface area contributed by atoms with Crippen molar-refractivity contribution in [3.8, 4) is 0 Å². The molecule has 12 nitrogen and oxygen atoms in total. The van der Waals surface area contributed by atoms with Crippen molar-refractivity contribution < 1.29 is 18.1 Å². The molecule has 1 amide bonds. The lowest BCUT2D eigenvalue weighted by atomic mass is 10.2. The molecule has 0 saturated carbocycles. The number of aromatic nitrogens is 4. The molecule has 0 saturated heterocycles. The molecular formula is C18H18ClN7O5S. The van der Waals surface area contributed by atoms with Gasteiger partial charge in [-0.25, -0.2) is 8.42 Å². The zero-order valence-electron chi connectivity index (χ0n) is 16.9. The number of amides is 1. The average Bonchev–Trinajstić information content (AvgIpc) is 3.12. The standard InChI is InChI=1S/C18H18ClN7O5S/c1-3-14(25-11(2)10-17(23-25)26(28)29)18(27)20-12-4-6-13(7-5-12)32(30,31)24-16-9-8-15(19)21-22-16/h4-10,14H,3H2,1-2H3,(H,20,27)(H,22,24). The summed E-state index contributed by atoms with van der Waals surface area (Å²) in [5.74, 6) is -0.791. The Morgan fingerprint density at radius 2 is 1.91 bits per heavy atom. The Bertz CT molecular complexity index is 1240. The summed E-state index contributed by atoms with van der Waals surface area (Å²) in [4.78, 5) is 23.0. The molecule has 2 aromatic heterocycles. The van der Waals surface area contributed by atoms with Gasteiger partial charge in [-0.1, -0.05) is 18.5 Å². The molecule has 0 aliphatic carbocycles. The smallest absolute Gasteiger partial charge is 0.358 e. The number of rotatable bonds is 8. The summed E-state index contributed by atoms with van der Waals surface area (Å²) in [6.07, 6.45) is 0.337. The molecule has 3 aromatic rings. The fraction of sp³-hybridized carbons (Fsp3) is 0.222. The summed E-state index contributed by atoms with van der Waals surface area (Å²) < 4.78 is 28.5. The van der Waals surface area contributed by atoms with Crippen molar-refractivity contribution in [2.75, 3.05) is 10.0 Å². The number of benzene rings is 1. The van der Waals surface area contributed by atoms with Gasteiger partial charge in [0.25, 0.3) is 15.9 Å². The van der Waals surface area contributed by atoms with Crippen LogP contribution >= 0.6 is 11.6 Å². The minimum absolute atomic E-state index is 0.00116. The van der Waals surface area contributed by atoms with E-state index in [0.29, 0.717) is 17.8 Å². The average molecular weight is 480 g/mol. The summed E-state index contributed by atoms with van der Waals surface area (Å²) in [5.41, 5.74) is 0.814. The van der Waals surface area contributed by atoms with E-state index in [1.807, 2.05) is 0 Å². The van der Waals surface area contributed by atoms with Gasteiger partial charge in [0.1, 0.15) is 0 Å². The van der Waals surface area contributed by atoms with E-state index < -0.39 is 26.9 Å². The van der Waals surface area contributed by atoms with Gasteiger partial charge in [0, 0.05) is 5.69 Å². The quantitative estimate of drug-likeness (QED) is 0.368. The maximum Gasteiger partial charge on any atom is 0.390 e. The third kappa shape index (κ3) is 5.18. The Labute approximate surface area is 187 Å². The Morgan fingerprint density at radius 1 is 1.22 bits per heavy atom. The maximum absolute atomic E-state index is 12.7. The molecule has 0 aliphatic heterocycles. The molecule has 168 valence electrons. The molecule has 14 heteroatoms. The summed E-state index contributed by atoms with van der Waals surface area (Å²) in [6.45, 7) is 3.37. The van der Waals surface area contributed by atoms with Crippen LogP contribution in [0.5, 0.6) is 0 Å². The van der Waals surface area contributed by atoms with E-state index in [1.54, 1.807) is 13.8 Å². The highest BCUT2D eigenvalue weighted by Crippen LogP contribution is 2.22. The van der Waals surface area contributed by atoms with E-state index in [1.165, 1.54) is 47.1 Å². The number of anilines is 2. The number of aryl methyl sites for hydroxylation is 1. The van der Waals surface area contributed by atoms with E-state index >= 15 is 0 Å². The second-order valence-corrected chi connectivity index (χ2v) is 8.70. The number of nitrogens with one attached hydrogen (secondary N) is 2. The molecule has 0 spiro atoms. The topological polar surface area (TPSA) is 162 Å². The number of nitrogens with zero attached hydrogens (tertiary/aromatic N) is 5. The first-order chi connectivity index (χ1) is 15.1. The molecule has 1 aromatic carbocycles. The van der Waals surface area contributed by atoms with Gasteiger partial charge in [-0.15, -0.1) is 10.2 Å². The van der Waals surface area contributed by atoms with Crippen molar-refractivity contribution in [2.24, 2.45) is 0 Å². The van der Waals surface area contributed by atoms with Crippen LogP contribution in [0.15, 0.2) is 47.4 Å². The van der Waals surface area contributed by atoms with Crippen molar-refractivity contribution in [2.45, 2.75) is 31.2 Å². The Morgan fingerprint density at radius 3 is 2.44 bits per heavy atom. The Kier molecular flexibility index (Phi) is 6.69. The number of halogens is 1. The number of hydrogen-bond donors (Lipinski definition) is 2. The van der Waals surface area contributed by atoms with E-state index in [4.69, 9.17) is 11.6 Å². The van der Waals surface area contributed by atoms with E-state index in [0.717, 1.165) is 0 Å². The van der Waals surface area contributed by atoms with Gasteiger partial charge in [0.2, 0.25) is 0 Å². The first-order valence-corrected chi connectivity index (χ1v) is 11.1. The van der Waals surface area contributed by atoms with Gasteiger partial charge in [0.15, 0.2) is 17.0 Å². The van der Waals surface area contributed by atoms with Gasteiger partial charge in [-0.05, 0) is 54.7 Å². The zero-order valence-corrected chi connectivity index (χ0v) is 18.5. The molecule has 0 radical (unpaired) electrons. The lowest BCUT2D eigenvalue weighted by molar-refractivity contribution is -0.389. The fourth-order valence-electron chi connectivity index (χ4n) is 2.86.